The molecule has 0 radical (unpaired) electrons. The zero-order valence-corrected chi connectivity index (χ0v) is 10.5. The highest BCUT2D eigenvalue weighted by Crippen LogP contribution is 2.20. The molecular formula is C10H16ClN3OS. The Kier molecular flexibility index (Phi) is 6.22. The summed E-state index contributed by atoms with van der Waals surface area (Å²) in [5.74, 6) is 0.296. The molecule has 0 atom stereocenters. The lowest BCUT2D eigenvalue weighted by atomic mass is 10.2. The molecule has 0 aliphatic rings. The largest absolute Gasteiger partial charge is 0.409 e. The van der Waals surface area contributed by atoms with Crippen LogP contribution in [0.1, 0.15) is 24.1 Å². The van der Waals surface area contributed by atoms with E-state index in [0.29, 0.717) is 12.3 Å². The summed E-state index contributed by atoms with van der Waals surface area (Å²) < 4.78 is 0.823. The number of amidine groups is 1. The van der Waals surface area contributed by atoms with E-state index in [1.54, 1.807) is 11.3 Å². The number of nitrogens with zero attached hydrogens (tertiary/aromatic N) is 1. The summed E-state index contributed by atoms with van der Waals surface area (Å²) in [6, 6.07) is 3.93. The van der Waals surface area contributed by atoms with Crippen molar-refractivity contribution < 1.29 is 5.21 Å². The molecule has 0 fully saturated rings. The first-order chi connectivity index (χ1) is 7.72. The van der Waals surface area contributed by atoms with Gasteiger partial charge < -0.3 is 16.3 Å². The minimum atomic E-state index is 0.296. The maximum atomic E-state index is 8.32. The highest BCUT2D eigenvalue weighted by Gasteiger charge is 1.97. The van der Waals surface area contributed by atoms with Crippen LogP contribution in [0.4, 0.5) is 0 Å². The fraction of sp³-hybridized carbons (Fsp3) is 0.500. The monoisotopic (exact) mass is 261 g/mol. The van der Waals surface area contributed by atoms with E-state index < -0.39 is 0 Å². The minimum Gasteiger partial charge on any atom is -0.409 e. The molecule has 0 saturated heterocycles. The van der Waals surface area contributed by atoms with Crippen molar-refractivity contribution in [1.82, 2.24) is 5.32 Å². The molecule has 4 nitrogen and oxygen atoms in total. The SMILES string of the molecule is NC(CCCCNCc1ccc(Cl)s1)=NO. The average molecular weight is 262 g/mol. The van der Waals surface area contributed by atoms with Crippen LogP contribution < -0.4 is 11.1 Å². The van der Waals surface area contributed by atoms with Crippen molar-refractivity contribution in [3.05, 3.63) is 21.3 Å². The smallest absolute Gasteiger partial charge is 0.139 e. The van der Waals surface area contributed by atoms with Crippen molar-refractivity contribution in [1.29, 1.82) is 0 Å². The second kappa shape index (κ2) is 7.49. The Morgan fingerprint density at radius 3 is 2.94 bits per heavy atom. The highest BCUT2D eigenvalue weighted by atomic mass is 35.5. The Balaban J connectivity index is 2.00. The van der Waals surface area contributed by atoms with Gasteiger partial charge in [-0.1, -0.05) is 16.8 Å². The van der Waals surface area contributed by atoms with Crippen LogP contribution in [0.3, 0.4) is 0 Å². The Morgan fingerprint density at radius 1 is 1.50 bits per heavy atom. The molecule has 16 heavy (non-hydrogen) atoms. The summed E-state index contributed by atoms with van der Waals surface area (Å²) in [6.45, 7) is 1.77. The molecule has 0 aliphatic heterocycles. The van der Waals surface area contributed by atoms with Crippen LogP contribution in [0.15, 0.2) is 17.3 Å². The van der Waals surface area contributed by atoms with E-state index in [9.17, 15) is 0 Å². The molecule has 1 aromatic rings. The molecule has 4 N–H and O–H groups in total. The van der Waals surface area contributed by atoms with Crippen molar-refractivity contribution >= 4 is 28.8 Å². The van der Waals surface area contributed by atoms with E-state index in [-0.39, 0.29) is 0 Å². The van der Waals surface area contributed by atoms with Gasteiger partial charge in [-0.15, -0.1) is 11.3 Å². The Morgan fingerprint density at radius 2 is 2.31 bits per heavy atom. The minimum absolute atomic E-state index is 0.296. The fourth-order valence-electron chi connectivity index (χ4n) is 1.26. The Bertz CT molecular complexity index is 341. The number of halogens is 1. The maximum Gasteiger partial charge on any atom is 0.139 e. The third kappa shape index (κ3) is 5.34. The van der Waals surface area contributed by atoms with Gasteiger partial charge in [0.05, 0.1) is 4.34 Å². The van der Waals surface area contributed by atoms with Crippen LogP contribution in [-0.4, -0.2) is 17.6 Å². The number of hydrogen-bond donors (Lipinski definition) is 3. The van der Waals surface area contributed by atoms with Gasteiger partial charge in [-0.25, -0.2) is 0 Å². The molecule has 0 saturated carbocycles. The van der Waals surface area contributed by atoms with Crippen LogP contribution in [0.5, 0.6) is 0 Å². The van der Waals surface area contributed by atoms with Crippen molar-refractivity contribution in [3.63, 3.8) is 0 Å². The van der Waals surface area contributed by atoms with Gasteiger partial charge in [0, 0.05) is 17.8 Å². The van der Waals surface area contributed by atoms with E-state index in [4.69, 9.17) is 22.5 Å². The average Bonchev–Trinajstić information content (AvgIpc) is 2.69. The van der Waals surface area contributed by atoms with Gasteiger partial charge in [0.1, 0.15) is 5.84 Å². The Hall–Kier alpha value is -0.780. The summed E-state index contributed by atoms with van der Waals surface area (Å²) in [4.78, 5) is 1.24. The number of rotatable bonds is 7. The molecule has 1 aromatic heterocycles. The zero-order chi connectivity index (χ0) is 11.8. The standard InChI is InChI=1S/C10H16ClN3OS/c11-9-5-4-8(16-9)7-13-6-2-1-3-10(12)14-15/h4-5,13,15H,1-3,6-7H2,(H2,12,14). The van der Waals surface area contributed by atoms with Crippen molar-refractivity contribution in [2.75, 3.05) is 6.54 Å². The zero-order valence-electron chi connectivity index (χ0n) is 8.95. The molecule has 0 amide bonds. The quantitative estimate of drug-likeness (QED) is 0.232. The van der Waals surface area contributed by atoms with Crippen LogP contribution >= 0.6 is 22.9 Å². The van der Waals surface area contributed by atoms with Gasteiger partial charge >= 0.3 is 0 Å². The predicted octanol–water partition coefficient (Wildman–Crippen LogP) is 2.41. The van der Waals surface area contributed by atoms with Gasteiger partial charge in [-0.2, -0.15) is 0 Å². The summed E-state index contributed by atoms with van der Waals surface area (Å²) >= 11 is 7.40. The molecular weight excluding hydrogens is 246 g/mol. The Labute approximate surface area is 104 Å². The van der Waals surface area contributed by atoms with Crippen LogP contribution in [0, 0.1) is 0 Å². The van der Waals surface area contributed by atoms with Crippen LogP contribution in [0.2, 0.25) is 4.34 Å². The lowest BCUT2D eigenvalue weighted by Gasteiger charge is -2.02. The van der Waals surface area contributed by atoms with Crippen molar-refractivity contribution in [2.24, 2.45) is 10.9 Å². The molecule has 0 aromatic carbocycles. The summed E-state index contributed by atoms with van der Waals surface area (Å²) in [5.41, 5.74) is 5.35. The molecule has 6 heteroatoms. The first kappa shape index (κ1) is 13.3. The van der Waals surface area contributed by atoms with Gasteiger partial charge in [-0.05, 0) is 31.5 Å². The van der Waals surface area contributed by atoms with Gasteiger partial charge in [-0.3, -0.25) is 0 Å². The number of thiophene rings is 1. The third-order valence-corrected chi connectivity index (χ3v) is 3.32. The van der Waals surface area contributed by atoms with E-state index in [2.05, 4.69) is 10.5 Å². The van der Waals surface area contributed by atoms with E-state index in [1.807, 2.05) is 12.1 Å². The molecule has 90 valence electrons. The molecule has 1 heterocycles. The van der Waals surface area contributed by atoms with Gasteiger partial charge in [0.2, 0.25) is 0 Å². The summed E-state index contributed by atoms with van der Waals surface area (Å²) in [6.07, 6.45) is 2.58. The maximum absolute atomic E-state index is 8.32. The van der Waals surface area contributed by atoms with Crippen LogP contribution in [-0.2, 0) is 6.54 Å². The second-order valence-corrected chi connectivity index (χ2v) is 5.23. The lowest BCUT2D eigenvalue weighted by Crippen LogP contribution is -2.15. The number of nitrogens with one attached hydrogen (secondary N) is 1. The van der Waals surface area contributed by atoms with E-state index >= 15 is 0 Å². The predicted molar refractivity (Wildman–Crippen MR) is 68.3 cm³/mol. The topological polar surface area (TPSA) is 70.6 Å². The van der Waals surface area contributed by atoms with Gasteiger partial charge in [0.25, 0.3) is 0 Å². The first-order valence-electron chi connectivity index (χ1n) is 5.13. The van der Waals surface area contributed by atoms with Crippen LogP contribution in [0.25, 0.3) is 0 Å². The van der Waals surface area contributed by atoms with E-state index in [0.717, 1.165) is 30.3 Å². The van der Waals surface area contributed by atoms with Crippen molar-refractivity contribution in [2.45, 2.75) is 25.8 Å². The fourth-order valence-corrected chi connectivity index (χ4v) is 2.32. The number of oxime groups is 1. The molecule has 0 unspecified atom stereocenters. The molecule has 1 rings (SSSR count). The number of hydrogen-bond acceptors (Lipinski definition) is 4. The summed E-state index contributed by atoms with van der Waals surface area (Å²) in [5, 5.41) is 14.6. The third-order valence-electron chi connectivity index (χ3n) is 2.09. The highest BCUT2D eigenvalue weighted by molar-refractivity contribution is 7.16. The van der Waals surface area contributed by atoms with E-state index in [1.165, 1.54) is 4.88 Å². The van der Waals surface area contributed by atoms with Gasteiger partial charge in [0.15, 0.2) is 0 Å². The first-order valence-corrected chi connectivity index (χ1v) is 6.33. The summed E-state index contributed by atoms with van der Waals surface area (Å²) in [7, 11) is 0. The number of nitrogens with two attached hydrogens (primary N) is 1. The molecule has 0 spiro atoms. The second-order valence-electron chi connectivity index (χ2n) is 3.43. The van der Waals surface area contributed by atoms with Crippen molar-refractivity contribution in [3.8, 4) is 0 Å². The lowest BCUT2D eigenvalue weighted by molar-refractivity contribution is 0.316. The number of unbranched alkanes of at least 4 members (excludes halogenated alkanes) is 1. The molecule has 0 bridgehead atoms. The normalized spacial score (nSPS) is 11.9. The molecule has 0 aliphatic carbocycles.